The van der Waals surface area contributed by atoms with Crippen LogP contribution >= 0.6 is 27.7 Å². The molecule has 4 heteroatoms. The molecule has 0 saturated carbocycles. The summed E-state index contributed by atoms with van der Waals surface area (Å²) in [7, 11) is 0. The van der Waals surface area contributed by atoms with Gasteiger partial charge in [0.1, 0.15) is 0 Å². The molecule has 1 saturated heterocycles. The van der Waals surface area contributed by atoms with Gasteiger partial charge < -0.3 is 5.32 Å². The van der Waals surface area contributed by atoms with Crippen molar-refractivity contribution in [2.45, 2.75) is 31.4 Å². The molecule has 1 aliphatic rings. The molecule has 1 fully saturated rings. The maximum atomic E-state index is 12.1. The molecule has 98 valence electrons. The molecule has 0 aromatic heterocycles. The van der Waals surface area contributed by atoms with Crippen LogP contribution in [0.5, 0.6) is 0 Å². The first-order chi connectivity index (χ1) is 8.50. The molecular weight excluding hydrogens is 310 g/mol. The Morgan fingerprint density at radius 1 is 1.56 bits per heavy atom. The SMILES string of the molecule is Cc1ccc(C(=O)NCC2(C)CCCS2)c(Br)c1. The Balaban J connectivity index is 1.99. The van der Waals surface area contributed by atoms with Crippen LogP contribution in [0, 0.1) is 6.92 Å². The van der Waals surface area contributed by atoms with Crippen molar-refractivity contribution in [3.8, 4) is 0 Å². The molecule has 1 atom stereocenters. The highest BCUT2D eigenvalue weighted by Crippen LogP contribution is 2.37. The number of hydrogen-bond acceptors (Lipinski definition) is 2. The minimum absolute atomic E-state index is 0.00981. The number of carbonyl (C=O) groups is 1. The molecule has 1 heterocycles. The van der Waals surface area contributed by atoms with Gasteiger partial charge in [0.05, 0.1) is 5.56 Å². The van der Waals surface area contributed by atoms with E-state index in [2.05, 4.69) is 28.2 Å². The number of rotatable bonds is 3. The van der Waals surface area contributed by atoms with Gasteiger partial charge in [-0.25, -0.2) is 0 Å². The fraction of sp³-hybridized carbons (Fsp3) is 0.500. The van der Waals surface area contributed by atoms with E-state index in [1.807, 2.05) is 36.9 Å². The highest BCUT2D eigenvalue weighted by Gasteiger charge is 2.29. The minimum Gasteiger partial charge on any atom is -0.351 e. The summed E-state index contributed by atoms with van der Waals surface area (Å²) in [5.74, 6) is 1.22. The quantitative estimate of drug-likeness (QED) is 0.915. The Hall–Kier alpha value is -0.480. The Morgan fingerprint density at radius 3 is 2.94 bits per heavy atom. The van der Waals surface area contributed by atoms with Crippen molar-refractivity contribution >= 4 is 33.6 Å². The van der Waals surface area contributed by atoms with Crippen molar-refractivity contribution in [1.29, 1.82) is 0 Å². The molecule has 0 spiro atoms. The third-order valence-corrected chi connectivity index (χ3v) is 5.49. The number of hydrogen-bond donors (Lipinski definition) is 1. The van der Waals surface area contributed by atoms with E-state index < -0.39 is 0 Å². The second-order valence-electron chi connectivity index (χ2n) is 5.07. The summed E-state index contributed by atoms with van der Waals surface area (Å²) < 4.78 is 1.08. The van der Waals surface area contributed by atoms with Gasteiger partial charge in [0.2, 0.25) is 0 Å². The van der Waals surface area contributed by atoms with Gasteiger partial charge in [-0.1, -0.05) is 6.07 Å². The summed E-state index contributed by atoms with van der Waals surface area (Å²) in [6, 6.07) is 5.81. The first kappa shape index (κ1) is 13.9. The van der Waals surface area contributed by atoms with E-state index >= 15 is 0 Å². The lowest BCUT2D eigenvalue weighted by atomic mass is 10.1. The van der Waals surface area contributed by atoms with Gasteiger partial charge in [0, 0.05) is 15.8 Å². The summed E-state index contributed by atoms with van der Waals surface area (Å²) >= 11 is 5.41. The van der Waals surface area contributed by atoms with Crippen molar-refractivity contribution in [2.24, 2.45) is 0 Å². The third kappa shape index (κ3) is 3.29. The molecule has 18 heavy (non-hydrogen) atoms. The van der Waals surface area contributed by atoms with Gasteiger partial charge in [0.25, 0.3) is 5.91 Å². The van der Waals surface area contributed by atoms with Crippen LogP contribution in [0.4, 0.5) is 0 Å². The second-order valence-corrected chi connectivity index (χ2v) is 7.60. The van der Waals surface area contributed by atoms with Crippen molar-refractivity contribution in [3.05, 3.63) is 33.8 Å². The standard InChI is InChI=1S/C14H18BrNOS/c1-10-4-5-11(12(15)8-10)13(17)16-9-14(2)6-3-7-18-14/h4-5,8H,3,6-7,9H2,1-2H3,(H,16,17). The third-order valence-electron chi connectivity index (χ3n) is 3.29. The molecule has 1 aliphatic heterocycles. The number of amides is 1. The van der Waals surface area contributed by atoms with Crippen LogP contribution in [-0.4, -0.2) is 23.0 Å². The van der Waals surface area contributed by atoms with Gasteiger partial charge in [-0.3, -0.25) is 4.79 Å². The Bertz CT molecular complexity index is 455. The molecule has 1 aromatic carbocycles. The van der Waals surface area contributed by atoms with E-state index in [0.717, 1.165) is 16.6 Å². The first-order valence-electron chi connectivity index (χ1n) is 6.18. The van der Waals surface area contributed by atoms with E-state index in [4.69, 9.17) is 0 Å². The number of benzene rings is 1. The summed E-state index contributed by atoms with van der Waals surface area (Å²) in [5, 5.41) is 3.05. The van der Waals surface area contributed by atoms with Gasteiger partial charge in [-0.15, -0.1) is 0 Å². The smallest absolute Gasteiger partial charge is 0.252 e. The number of nitrogens with one attached hydrogen (secondary N) is 1. The van der Waals surface area contributed by atoms with Crippen LogP contribution in [0.2, 0.25) is 0 Å². The molecule has 2 nitrogen and oxygen atoms in total. The maximum absolute atomic E-state index is 12.1. The van der Waals surface area contributed by atoms with E-state index in [1.54, 1.807) is 0 Å². The van der Waals surface area contributed by atoms with Crippen LogP contribution in [0.15, 0.2) is 22.7 Å². The second kappa shape index (κ2) is 5.66. The lowest BCUT2D eigenvalue weighted by Gasteiger charge is -2.23. The molecule has 1 aromatic rings. The molecule has 0 radical (unpaired) electrons. The molecule has 2 rings (SSSR count). The fourth-order valence-corrected chi connectivity index (χ4v) is 4.06. The van der Waals surface area contributed by atoms with Crippen molar-refractivity contribution in [1.82, 2.24) is 5.32 Å². The first-order valence-corrected chi connectivity index (χ1v) is 7.96. The van der Waals surface area contributed by atoms with Crippen LogP contribution < -0.4 is 5.32 Å². The fourth-order valence-electron chi connectivity index (χ4n) is 2.14. The number of thioether (sulfide) groups is 1. The zero-order valence-electron chi connectivity index (χ0n) is 10.8. The zero-order chi connectivity index (χ0) is 13.2. The van der Waals surface area contributed by atoms with E-state index in [0.29, 0.717) is 5.56 Å². The predicted molar refractivity (Wildman–Crippen MR) is 81.3 cm³/mol. The average molecular weight is 328 g/mol. The van der Waals surface area contributed by atoms with Gasteiger partial charge >= 0.3 is 0 Å². The van der Waals surface area contributed by atoms with Crippen molar-refractivity contribution in [3.63, 3.8) is 0 Å². The molecule has 1 unspecified atom stereocenters. The van der Waals surface area contributed by atoms with E-state index in [9.17, 15) is 4.79 Å². The van der Waals surface area contributed by atoms with E-state index in [-0.39, 0.29) is 10.7 Å². The summed E-state index contributed by atoms with van der Waals surface area (Å²) in [5.41, 5.74) is 1.86. The average Bonchev–Trinajstić information content (AvgIpc) is 2.74. The molecule has 0 aliphatic carbocycles. The summed E-state index contributed by atoms with van der Waals surface area (Å²) in [6.45, 7) is 4.99. The zero-order valence-corrected chi connectivity index (χ0v) is 13.2. The van der Waals surface area contributed by atoms with E-state index in [1.165, 1.54) is 18.6 Å². The topological polar surface area (TPSA) is 29.1 Å². The van der Waals surface area contributed by atoms with Crippen LogP contribution in [0.1, 0.15) is 35.7 Å². The Labute approximate surface area is 121 Å². The molecule has 1 N–H and O–H groups in total. The van der Waals surface area contributed by atoms with Crippen LogP contribution in [-0.2, 0) is 0 Å². The maximum Gasteiger partial charge on any atom is 0.252 e. The van der Waals surface area contributed by atoms with Crippen LogP contribution in [0.25, 0.3) is 0 Å². The Morgan fingerprint density at radius 2 is 2.33 bits per heavy atom. The Kier molecular flexibility index (Phi) is 4.38. The summed E-state index contributed by atoms with van der Waals surface area (Å²) in [6.07, 6.45) is 2.44. The van der Waals surface area contributed by atoms with Crippen molar-refractivity contribution < 1.29 is 4.79 Å². The van der Waals surface area contributed by atoms with Gasteiger partial charge in [-0.05, 0) is 66.1 Å². The van der Waals surface area contributed by atoms with Crippen molar-refractivity contribution in [2.75, 3.05) is 12.3 Å². The predicted octanol–water partition coefficient (Wildman–Crippen LogP) is 3.77. The molecule has 0 bridgehead atoms. The molecular formula is C14H18BrNOS. The number of carbonyl (C=O) groups excluding carboxylic acids is 1. The van der Waals surface area contributed by atoms with Gasteiger partial charge in [-0.2, -0.15) is 11.8 Å². The lowest BCUT2D eigenvalue weighted by Crippen LogP contribution is -2.36. The number of halogens is 1. The largest absolute Gasteiger partial charge is 0.351 e. The minimum atomic E-state index is 0.00981. The van der Waals surface area contributed by atoms with Crippen LogP contribution in [0.3, 0.4) is 0 Å². The monoisotopic (exact) mass is 327 g/mol. The highest BCUT2D eigenvalue weighted by molar-refractivity contribution is 9.10. The number of aryl methyl sites for hydroxylation is 1. The lowest BCUT2D eigenvalue weighted by molar-refractivity contribution is 0.0949. The normalized spacial score (nSPS) is 23.1. The molecule has 1 amide bonds. The highest BCUT2D eigenvalue weighted by atomic mass is 79.9. The summed E-state index contributed by atoms with van der Waals surface area (Å²) in [4.78, 5) is 12.1. The van der Waals surface area contributed by atoms with Gasteiger partial charge in [0.15, 0.2) is 0 Å².